The topological polar surface area (TPSA) is 42.4 Å². The summed E-state index contributed by atoms with van der Waals surface area (Å²) in [6.45, 7) is 0. The van der Waals surface area contributed by atoms with Crippen LogP contribution >= 0.6 is 0 Å². The van der Waals surface area contributed by atoms with Gasteiger partial charge in [-0.2, -0.15) is 0 Å². The Kier molecular flexibility index (Phi) is 8.45. The Bertz CT molecular complexity index is 3220. The molecule has 0 unspecified atom stereocenters. The van der Waals surface area contributed by atoms with E-state index < -0.39 is 0 Å². The number of oxazole rings is 1. The van der Waals surface area contributed by atoms with Gasteiger partial charge in [0.05, 0.1) is 5.39 Å². The van der Waals surface area contributed by atoms with Gasteiger partial charge in [0.1, 0.15) is 16.7 Å². The summed E-state index contributed by atoms with van der Waals surface area (Å²) in [5.74, 6) is 0.587. The lowest BCUT2D eigenvalue weighted by atomic mass is 9.99. The first kappa shape index (κ1) is 34.3. The molecule has 0 radical (unpaired) electrons. The lowest BCUT2D eigenvalue weighted by Gasteiger charge is -2.26. The molecule has 4 heteroatoms. The van der Waals surface area contributed by atoms with Crippen LogP contribution in [-0.4, -0.2) is 4.98 Å². The first-order valence-corrected chi connectivity index (χ1v) is 19.9. The molecule has 59 heavy (non-hydrogen) atoms. The zero-order chi connectivity index (χ0) is 39.1. The smallest absolute Gasteiger partial charge is 0.227 e. The fourth-order valence-corrected chi connectivity index (χ4v) is 8.12. The minimum Gasteiger partial charge on any atom is -0.456 e. The number of fused-ring (bicyclic) bond motifs is 5. The highest BCUT2D eigenvalue weighted by molar-refractivity contribution is 6.17. The fourth-order valence-electron chi connectivity index (χ4n) is 8.12. The van der Waals surface area contributed by atoms with Crippen LogP contribution in [0, 0.1) is 0 Å². The van der Waals surface area contributed by atoms with E-state index in [0.29, 0.717) is 11.5 Å². The van der Waals surface area contributed by atoms with Crippen LogP contribution in [0.1, 0.15) is 0 Å². The molecule has 0 N–H and O–H groups in total. The molecule has 0 aliphatic rings. The second-order valence-corrected chi connectivity index (χ2v) is 14.8. The van der Waals surface area contributed by atoms with E-state index in [9.17, 15) is 0 Å². The molecule has 2 aromatic heterocycles. The van der Waals surface area contributed by atoms with E-state index in [2.05, 4.69) is 181 Å². The number of aromatic nitrogens is 1. The van der Waals surface area contributed by atoms with E-state index in [1.54, 1.807) is 0 Å². The molecule has 9 aromatic carbocycles. The molecule has 0 fully saturated rings. The molecule has 0 saturated heterocycles. The molecule has 0 atom stereocenters. The summed E-state index contributed by atoms with van der Waals surface area (Å²) in [7, 11) is 0. The van der Waals surface area contributed by atoms with E-state index in [1.807, 2.05) is 42.5 Å². The number of hydrogen-bond acceptors (Lipinski definition) is 4. The standard InChI is InChI=1S/C55H36N2O2/c1-4-11-37(12-5-1)39-19-21-41(22-20-39)42-27-29-46(30-28-42)57(47-18-10-17-45(35-47)43-25-23-40(24-26-43)38-13-6-2-7-14-38)48-31-33-51-49(36-48)53-52(58-51)34-32-50-54(53)59-55(56-50)44-15-8-3-9-16-44/h1-36H. The van der Waals surface area contributed by atoms with Crippen molar-refractivity contribution in [1.29, 1.82) is 0 Å². The highest BCUT2D eigenvalue weighted by atomic mass is 16.4. The van der Waals surface area contributed by atoms with Crippen molar-refractivity contribution in [3.8, 4) is 56.0 Å². The highest BCUT2D eigenvalue weighted by Crippen LogP contribution is 2.43. The average Bonchev–Trinajstić information content (AvgIpc) is 3.92. The lowest BCUT2D eigenvalue weighted by molar-refractivity contribution is 0.622. The third kappa shape index (κ3) is 6.43. The summed E-state index contributed by atoms with van der Waals surface area (Å²) in [6, 6.07) is 76.6. The maximum atomic E-state index is 6.51. The van der Waals surface area contributed by atoms with E-state index in [4.69, 9.17) is 13.8 Å². The van der Waals surface area contributed by atoms with Gasteiger partial charge in [-0.1, -0.05) is 152 Å². The average molecular weight is 757 g/mol. The second kappa shape index (κ2) is 14.5. The van der Waals surface area contributed by atoms with E-state index >= 15 is 0 Å². The summed E-state index contributed by atoms with van der Waals surface area (Å²) >= 11 is 0. The molecule has 0 spiro atoms. The van der Waals surface area contributed by atoms with Crippen LogP contribution in [0.15, 0.2) is 227 Å². The van der Waals surface area contributed by atoms with Gasteiger partial charge < -0.3 is 13.7 Å². The van der Waals surface area contributed by atoms with Crippen LogP contribution in [0.5, 0.6) is 0 Å². The highest BCUT2D eigenvalue weighted by Gasteiger charge is 2.20. The van der Waals surface area contributed by atoms with Crippen molar-refractivity contribution in [3.05, 3.63) is 218 Å². The lowest BCUT2D eigenvalue weighted by Crippen LogP contribution is -2.10. The maximum Gasteiger partial charge on any atom is 0.227 e. The van der Waals surface area contributed by atoms with Gasteiger partial charge in [0.2, 0.25) is 5.89 Å². The normalized spacial score (nSPS) is 11.4. The molecular weight excluding hydrogens is 721 g/mol. The van der Waals surface area contributed by atoms with Crippen LogP contribution in [0.2, 0.25) is 0 Å². The Morgan fingerprint density at radius 2 is 0.780 bits per heavy atom. The van der Waals surface area contributed by atoms with Gasteiger partial charge in [0.15, 0.2) is 5.58 Å². The van der Waals surface area contributed by atoms with Crippen LogP contribution in [-0.2, 0) is 0 Å². The quantitative estimate of drug-likeness (QED) is 0.155. The predicted molar refractivity (Wildman–Crippen MR) is 243 cm³/mol. The van der Waals surface area contributed by atoms with E-state index in [-0.39, 0.29) is 0 Å². The molecule has 4 nitrogen and oxygen atoms in total. The minimum absolute atomic E-state index is 0.587. The van der Waals surface area contributed by atoms with Gasteiger partial charge in [0, 0.05) is 28.0 Å². The summed E-state index contributed by atoms with van der Waals surface area (Å²) < 4.78 is 12.9. The molecule has 278 valence electrons. The van der Waals surface area contributed by atoms with Crippen molar-refractivity contribution < 1.29 is 8.83 Å². The largest absolute Gasteiger partial charge is 0.456 e. The Morgan fingerprint density at radius 1 is 0.322 bits per heavy atom. The summed E-state index contributed by atoms with van der Waals surface area (Å²) in [5, 5.41) is 1.88. The van der Waals surface area contributed by atoms with E-state index in [0.717, 1.165) is 66.8 Å². The zero-order valence-corrected chi connectivity index (χ0v) is 32.0. The number of anilines is 3. The molecule has 2 heterocycles. The molecular formula is C55H36N2O2. The molecule has 0 aliphatic carbocycles. The van der Waals surface area contributed by atoms with Crippen molar-refractivity contribution in [1.82, 2.24) is 4.98 Å². The van der Waals surface area contributed by atoms with Crippen molar-refractivity contribution in [2.75, 3.05) is 4.90 Å². The van der Waals surface area contributed by atoms with E-state index in [1.165, 1.54) is 27.8 Å². The van der Waals surface area contributed by atoms with Gasteiger partial charge in [-0.15, -0.1) is 0 Å². The molecule has 0 amide bonds. The Morgan fingerprint density at radius 3 is 1.37 bits per heavy atom. The fraction of sp³-hybridized carbons (Fsp3) is 0. The third-order valence-corrected chi connectivity index (χ3v) is 11.1. The summed E-state index contributed by atoms with van der Waals surface area (Å²) in [4.78, 5) is 7.19. The van der Waals surface area contributed by atoms with Crippen molar-refractivity contribution in [3.63, 3.8) is 0 Å². The number of rotatable bonds is 8. The zero-order valence-electron chi connectivity index (χ0n) is 32.0. The summed E-state index contributed by atoms with van der Waals surface area (Å²) in [5.41, 5.74) is 16.5. The van der Waals surface area contributed by atoms with Crippen LogP contribution in [0.4, 0.5) is 17.1 Å². The number of benzene rings is 9. The first-order valence-electron chi connectivity index (χ1n) is 19.9. The number of furan rings is 1. The van der Waals surface area contributed by atoms with Gasteiger partial charge in [-0.3, -0.25) is 0 Å². The van der Waals surface area contributed by atoms with Crippen molar-refractivity contribution >= 4 is 50.1 Å². The van der Waals surface area contributed by atoms with Gasteiger partial charge in [0.25, 0.3) is 0 Å². The molecule has 11 rings (SSSR count). The molecule has 0 saturated carbocycles. The van der Waals surface area contributed by atoms with Gasteiger partial charge in [-0.25, -0.2) is 4.98 Å². The monoisotopic (exact) mass is 756 g/mol. The Labute approximate surface area is 341 Å². The predicted octanol–water partition coefficient (Wildman–Crippen LogP) is 15.5. The Balaban J connectivity index is 1.02. The van der Waals surface area contributed by atoms with Crippen LogP contribution < -0.4 is 4.90 Å². The van der Waals surface area contributed by atoms with Crippen LogP contribution in [0.25, 0.3) is 89.0 Å². The van der Waals surface area contributed by atoms with Crippen LogP contribution in [0.3, 0.4) is 0 Å². The second-order valence-electron chi connectivity index (χ2n) is 14.8. The van der Waals surface area contributed by atoms with Crippen molar-refractivity contribution in [2.24, 2.45) is 0 Å². The Hall–Kier alpha value is -7.95. The molecule has 0 bridgehead atoms. The molecule has 0 aliphatic heterocycles. The first-order chi connectivity index (χ1) is 29.2. The van der Waals surface area contributed by atoms with Crippen molar-refractivity contribution in [2.45, 2.75) is 0 Å². The SMILES string of the molecule is c1ccc(-c2ccc(-c3ccc(N(c4cccc(-c5ccc(-c6ccccc6)cc5)c4)c4ccc5oc6ccc7nc(-c8ccccc8)oc7c6c5c4)cc3)cc2)cc1. The minimum atomic E-state index is 0.587. The number of hydrogen-bond donors (Lipinski definition) is 0. The molecule has 11 aromatic rings. The maximum absolute atomic E-state index is 6.51. The van der Waals surface area contributed by atoms with Gasteiger partial charge in [-0.05, 0) is 111 Å². The summed E-state index contributed by atoms with van der Waals surface area (Å²) in [6.07, 6.45) is 0. The number of nitrogens with zero attached hydrogens (tertiary/aromatic N) is 2. The third-order valence-electron chi connectivity index (χ3n) is 11.1. The van der Waals surface area contributed by atoms with Gasteiger partial charge >= 0.3 is 0 Å².